The zero-order valence-corrected chi connectivity index (χ0v) is 32.6. The minimum atomic E-state index is -1.13. The fourth-order valence-corrected chi connectivity index (χ4v) is 9.38. The van der Waals surface area contributed by atoms with E-state index >= 15 is 0 Å². The van der Waals surface area contributed by atoms with E-state index in [-0.39, 0.29) is 35.7 Å². The number of aromatic nitrogens is 6. The number of carbonyl (C=O) groups excluding carboxylic acids is 3. The second-order valence-corrected chi connectivity index (χ2v) is 16.5. The van der Waals surface area contributed by atoms with Crippen molar-refractivity contribution < 1.29 is 29.0 Å². The Morgan fingerprint density at radius 3 is 1.78 bits per heavy atom. The maximum absolute atomic E-state index is 13.6. The van der Waals surface area contributed by atoms with Crippen LogP contribution in [0.15, 0.2) is 24.5 Å². The van der Waals surface area contributed by atoms with Gasteiger partial charge in [-0.2, -0.15) is 0 Å². The number of thiazole rings is 2. The van der Waals surface area contributed by atoms with Gasteiger partial charge in [0.15, 0.2) is 0 Å². The van der Waals surface area contributed by atoms with Gasteiger partial charge in [-0.05, 0) is 49.7 Å². The van der Waals surface area contributed by atoms with E-state index in [0.717, 1.165) is 61.0 Å². The number of carboxylic acid groups (broad SMARTS) is 1. The van der Waals surface area contributed by atoms with Crippen molar-refractivity contribution in [1.82, 2.24) is 49.9 Å². The van der Waals surface area contributed by atoms with E-state index in [2.05, 4.69) is 15.3 Å². The lowest BCUT2D eigenvalue weighted by atomic mass is 10.0. The minimum Gasteiger partial charge on any atom is -0.465 e. The third kappa shape index (κ3) is 6.99. The molecule has 2 aliphatic heterocycles. The number of aromatic amines is 2. The van der Waals surface area contributed by atoms with E-state index in [4.69, 9.17) is 24.7 Å². The van der Waals surface area contributed by atoms with Gasteiger partial charge in [-0.1, -0.05) is 27.7 Å². The Labute approximate surface area is 319 Å². The molecule has 286 valence electrons. The Bertz CT molecular complexity index is 2160. The molecule has 18 heteroatoms. The molecule has 16 nitrogen and oxygen atoms in total. The Kier molecular flexibility index (Phi) is 10.3. The van der Waals surface area contributed by atoms with Gasteiger partial charge in [0.2, 0.25) is 11.8 Å². The molecule has 0 unspecified atom stereocenters. The largest absolute Gasteiger partial charge is 0.465 e. The summed E-state index contributed by atoms with van der Waals surface area (Å²) in [6, 6.07) is 2.02. The summed E-state index contributed by atoms with van der Waals surface area (Å²) in [6.07, 6.45) is 4.96. The van der Waals surface area contributed by atoms with Crippen LogP contribution in [-0.4, -0.2) is 113 Å². The first-order valence-corrected chi connectivity index (χ1v) is 19.7. The highest BCUT2D eigenvalue weighted by molar-refractivity contribution is 7.23. The highest BCUT2D eigenvalue weighted by Gasteiger charge is 2.40. The Hall–Kier alpha value is -5.10. The van der Waals surface area contributed by atoms with E-state index in [9.17, 15) is 24.3 Å². The number of H-pyrrole nitrogens is 2. The lowest BCUT2D eigenvalue weighted by molar-refractivity contribution is -0.138. The topological polar surface area (TPSA) is 203 Å². The molecule has 1 aromatic carbocycles. The number of hydrogen-bond donors (Lipinski definition) is 4. The van der Waals surface area contributed by atoms with Crippen molar-refractivity contribution in [2.24, 2.45) is 11.8 Å². The molecule has 0 saturated carbocycles. The van der Waals surface area contributed by atoms with Crippen LogP contribution in [0.2, 0.25) is 0 Å². The molecule has 4 N–H and O–H groups in total. The number of likely N-dealkylation sites (N-methyl/N-ethyl adjacent to an activating group) is 1. The van der Waals surface area contributed by atoms with Crippen LogP contribution in [0.4, 0.5) is 9.59 Å². The second-order valence-electron chi connectivity index (χ2n) is 14.5. The summed E-state index contributed by atoms with van der Waals surface area (Å²) in [6.45, 7) is 8.59. The smallest absolute Gasteiger partial charge is 0.407 e. The van der Waals surface area contributed by atoms with Gasteiger partial charge >= 0.3 is 12.2 Å². The monoisotopic (exact) mass is 776 g/mol. The normalized spacial score (nSPS) is 18.6. The number of nitrogens with one attached hydrogen (secondary N) is 3. The molecule has 4 atom stereocenters. The van der Waals surface area contributed by atoms with Crippen LogP contribution >= 0.6 is 22.7 Å². The molecule has 4 aromatic heterocycles. The van der Waals surface area contributed by atoms with Crippen molar-refractivity contribution in [2.45, 2.75) is 77.5 Å². The van der Waals surface area contributed by atoms with Gasteiger partial charge in [0.1, 0.15) is 45.1 Å². The van der Waals surface area contributed by atoms with Gasteiger partial charge in [-0.25, -0.2) is 29.5 Å². The standard InChI is InChI=1S/C36H44N10O6S2/c1-17(2)27(43-35(49)52-6)33(47)45-11-7-9-23(45)29-37-15-21(39-29)31-41-19-13-26-20(14-25(19)53-31)42-32(54-26)22-16-38-30(40-22)24-10-8-12-46(24)34(48)28(18(3)4)44(5)36(50)51/h13-18,23-24,27-28H,7-12H2,1-6H3,(H,37,39)(H,38,40)(H,43,49)(H,50,51)/t23-,24-,27-,28-/m0/s1. The average molecular weight is 777 g/mol. The fraction of sp³-hybridized carbons (Fsp3) is 0.500. The highest BCUT2D eigenvalue weighted by atomic mass is 32.1. The molecule has 0 spiro atoms. The molecule has 7 rings (SSSR count). The molecule has 54 heavy (non-hydrogen) atoms. The van der Waals surface area contributed by atoms with Gasteiger partial charge in [-0.15, -0.1) is 22.7 Å². The number of ether oxygens (including phenoxy) is 1. The molecule has 4 amide bonds. The van der Waals surface area contributed by atoms with Crippen molar-refractivity contribution in [3.05, 3.63) is 36.2 Å². The van der Waals surface area contributed by atoms with E-state index in [1.165, 1.54) is 36.8 Å². The molecule has 2 saturated heterocycles. The van der Waals surface area contributed by atoms with Gasteiger partial charge in [0.25, 0.3) is 0 Å². The number of likely N-dealkylation sites (tertiary alicyclic amines) is 2. The lowest BCUT2D eigenvalue weighted by Crippen LogP contribution is -2.51. The van der Waals surface area contributed by atoms with Gasteiger partial charge in [0, 0.05) is 32.5 Å². The number of carbonyl (C=O) groups is 4. The van der Waals surface area contributed by atoms with Crippen molar-refractivity contribution in [3.63, 3.8) is 0 Å². The maximum Gasteiger partial charge on any atom is 0.407 e. The lowest BCUT2D eigenvalue weighted by Gasteiger charge is -2.33. The van der Waals surface area contributed by atoms with E-state index in [0.29, 0.717) is 36.1 Å². The van der Waals surface area contributed by atoms with Crippen LogP contribution in [0, 0.1) is 11.8 Å². The number of rotatable bonds is 10. The summed E-state index contributed by atoms with van der Waals surface area (Å²) in [7, 11) is 2.72. The first-order chi connectivity index (χ1) is 25.8. The number of imidazole rings is 2. The molecule has 0 bridgehead atoms. The maximum atomic E-state index is 13.6. The van der Waals surface area contributed by atoms with Gasteiger partial charge < -0.3 is 34.9 Å². The first-order valence-electron chi connectivity index (χ1n) is 18.1. The van der Waals surface area contributed by atoms with Crippen LogP contribution in [0.1, 0.15) is 77.1 Å². The van der Waals surface area contributed by atoms with Crippen molar-refractivity contribution >= 4 is 67.1 Å². The van der Waals surface area contributed by atoms with Gasteiger partial charge in [0.05, 0.1) is 39.6 Å². The molecule has 0 radical (unpaired) electrons. The highest BCUT2D eigenvalue weighted by Crippen LogP contribution is 2.39. The number of amides is 4. The zero-order valence-electron chi connectivity index (χ0n) is 31.0. The SMILES string of the molecule is COC(=O)N[C@H](C(=O)N1CCC[C@H]1c1nc(-c2nc3cc4sc(-c5c[nH]c([C@@H]6CCCN6C(=O)[C@H](C(C)C)N(C)C(=O)O)n5)nc4cc3s2)c[nH]1)C(C)C. The van der Waals surface area contributed by atoms with Gasteiger partial charge in [-0.3, -0.25) is 14.5 Å². The molecule has 6 heterocycles. The van der Waals surface area contributed by atoms with Crippen LogP contribution in [0.5, 0.6) is 0 Å². The van der Waals surface area contributed by atoms with Crippen LogP contribution in [0.3, 0.4) is 0 Å². The predicted molar refractivity (Wildman–Crippen MR) is 204 cm³/mol. The summed E-state index contributed by atoms with van der Waals surface area (Å²) in [5.41, 5.74) is 3.00. The van der Waals surface area contributed by atoms with Crippen molar-refractivity contribution in [3.8, 4) is 21.4 Å². The number of nitrogens with zero attached hydrogens (tertiary/aromatic N) is 7. The summed E-state index contributed by atoms with van der Waals surface area (Å²) < 4.78 is 6.66. The molecular formula is C36H44N10O6S2. The number of fused-ring (bicyclic) bond motifs is 2. The summed E-state index contributed by atoms with van der Waals surface area (Å²) in [5.74, 6) is 0.652. The molecule has 2 fully saturated rings. The number of alkyl carbamates (subject to hydrolysis) is 1. The van der Waals surface area contributed by atoms with Crippen LogP contribution in [-0.2, 0) is 14.3 Å². The van der Waals surface area contributed by atoms with E-state index in [1.807, 2.05) is 52.2 Å². The van der Waals surface area contributed by atoms with E-state index < -0.39 is 24.3 Å². The number of benzene rings is 1. The predicted octanol–water partition coefficient (Wildman–Crippen LogP) is 6.03. The third-order valence-corrected chi connectivity index (χ3v) is 12.3. The summed E-state index contributed by atoms with van der Waals surface area (Å²) in [4.78, 5) is 81.6. The Balaban J connectivity index is 1.08. The first kappa shape index (κ1) is 37.2. The third-order valence-electron chi connectivity index (χ3n) is 10.2. The van der Waals surface area contributed by atoms with E-state index in [1.54, 1.807) is 9.80 Å². The second kappa shape index (κ2) is 15.0. The fourth-order valence-electron chi connectivity index (χ4n) is 7.50. The quantitative estimate of drug-likeness (QED) is 0.130. The molecule has 0 aliphatic carbocycles. The van der Waals surface area contributed by atoms with Crippen molar-refractivity contribution in [1.29, 1.82) is 0 Å². The molecule has 2 aliphatic rings. The average Bonchev–Trinajstić information content (AvgIpc) is 3.98. The minimum absolute atomic E-state index is 0.122. The van der Waals surface area contributed by atoms with Crippen LogP contribution in [0.25, 0.3) is 41.8 Å². The summed E-state index contributed by atoms with van der Waals surface area (Å²) in [5, 5.41) is 13.8. The van der Waals surface area contributed by atoms with Crippen molar-refractivity contribution in [2.75, 3.05) is 27.2 Å². The number of methoxy groups -OCH3 is 1. The Morgan fingerprint density at radius 2 is 1.33 bits per heavy atom. The summed E-state index contributed by atoms with van der Waals surface area (Å²) >= 11 is 3.02. The Morgan fingerprint density at radius 1 is 0.833 bits per heavy atom. The molecule has 5 aromatic rings. The number of hydrogen-bond acceptors (Lipinski definition) is 11. The zero-order chi connectivity index (χ0) is 38.4. The molecular weight excluding hydrogens is 733 g/mol. The van der Waals surface area contributed by atoms with Crippen LogP contribution < -0.4 is 5.32 Å².